The van der Waals surface area contributed by atoms with E-state index < -0.39 is 0 Å². The molecule has 0 aromatic carbocycles. The van der Waals surface area contributed by atoms with Gasteiger partial charge in [-0.2, -0.15) is 0 Å². The summed E-state index contributed by atoms with van der Waals surface area (Å²) >= 11 is 4.86. The van der Waals surface area contributed by atoms with E-state index >= 15 is 0 Å². The van der Waals surface area contributed by atoms with Crippen LogP contribution in [0.5, 0.6) is 0 Å². The van der Waals surface area contributed by atoms with Crippen LogP contribution in [-0.2, 0) is 11.3 Å². The molecule has 0 saturated heterocycles. The molecule has 1 rings (SSSR count). The molecule has 2 N–H and O–H groups in total. The lowest BCUT2D eigenvalue weighted by Crippen LogP contribution is -2.31. The lowest BCUT2D eigenvalue weighted by atomic mass is 10.2. The quantitative estimate of drug-likeness (QED) is 0.603. The molecule has 1 aromatic rings. The summed E-state index contributed by atoms with van der Waals surface area (Å²) in [7, 11) is 0. The normalized spacial score (nSPS) is 10.6. The number of thiocarbonyl (C=S) groups is 1. The smallest absolute Gasteiger partial charge is 0.261 e. The predicted octanol–water partition coefficient (Wildman–Crippen LogP) is 1.61. The summed E-state index contributed by atoms with van der Waals surface area (Å²) in [5.41, 5.74) is 6.66. The van der Waals surface area contributed by atoms with Gasteiger partial charge in [0.25, 0.3) is 5.56 Å². The Balaban J connectivity index is 2.73. The molecule has 0 amide bonds. The van der Waals surface area contributed by atoms with Gasteiger partial charge in [0.2, 0.25) is 0 Å². The number of hydrogen-bond acceptors (Lipinski definition) is 3. The van der Waals surface area contributed by atoms with Crippen molar-refractivity contribution in [3.05, 3.63) is 33.7 Å². The molecule has 0 atom stereocenters. The molecule has 0 aliphatic rings. The average Bonchev–Trinajstić information content (AvgIpc) is 2.32. The molecule has 100 valence electrons. The Hall–Kier alpha value is -1.20. The fourth-order valence-corrected chi connectivity index (χ4v) is 1.80. The third-order valence-electron chi connectivity index (χ3n) is 2.76. The maximum atomic E-state index is 12.1. The average molecular weight is 268 g/mol. The van der Waals surface area contributed by atoms with Gasteiger partial charge in [-0.1, -0.05) is 25.6 Å². The first-order valence-corrected chi connectivity index (χ1v) is 6.56. The van der Waals surface area contributed by atoms with Gasteiger partial charge in [-0.3, -0.25) is 4.79 Å². The summed E-state index contributed by atoms with van der Waals surface area (Å²) in [5.74, 6) is 0. The number of hydrogen-bond donors (Lipinski definition) is 1. The van der Waals surface area contributed by atoms with E-state index in [9.17, 15) is 4.79 Å². The van der Waals surface area contributed by atoms with Gasteiger partial charge in [0.05, 0.1) is 12.2 Å². The van der Waals surface area contributed by atoms with Gasteiger partial charge in [0.15, 0.2) is 0 Å². The maximum absolute atomic E-state index is 12.1. The molecule has 0 aliphatic carbocycles. The maximum Gasteiger partial charge on any atom is 0.261 e. The van der Waals surface area contributed by atoms with Crippen LogP contribution in [0.1, 0.15) is 31.0 Å². The van der Waals surface area contributed by atoms with Crippen molar-refractivity contribution < 1.29 is 4.74 Å². The number of nitrogens with two attached hydrogens (primary N) is 1. The minimum Gasteiger partial charge on any atom is -0.389 e. The van der Waals surface area contributed by atoms with Crippen molar-refractivity contribution in [3.63, 3.8) is 0 Å². The van der Waals surface area contributed by atoms with Crippen molar-refractivity contribution in [3.8, 4) is 0 Å². The molecule has 0 spiro atoms. The third-order valence-corrected chi connectivity index (χ3v) is 2.98. The molecule has 4 nitrogen and oxygen atoms in total. The van der Waals surface area contributed by atoms with Crippen molar-refractivity contribution in [2.75, 3.05) is 13.2 Å². The Labute approximate surface area is 113 Å². The Kier molecular flexibility index (Phi) is 6.01. The second-order valence-corrected chi connectivity index (χ2v) is 4.62. The standard InChI is InChI=1S/C13H20N2O2S/c1-3-4-8-17-9-7-15-10(2)5-6-11(12(14)18)13(15)16/h5-6H,3-4,7-9H2,1-2H3,(H2,14,18). The van der Waals surface area contributed by atoms with Gasteiger partial charge in [0.1, 0.15) is 4.99 Å². The van der Waals surface area contributed by atoms with E-state index in [-0.39, 0.29) is 10.5 Å². The summed E-state index contributed by atoms with van der Waals surface area (Å²) in [6.07, 6.45) is 2.15. The van der Waals surface area contributed by atoms with Gasteiger partial charge < -0.3 is 15.0 Å². The highest BCUT2D eigenvalue weighted by molar-refractivity contribution is 7.80. The first-order valence-electron chi connectivity index (χ1n) is 6.16. The van der Waals surface area contributed by atoms with Crippen LogP contribution in [0.25, 0.3) is 0 Å². The van der Waals surface area contributed by atoms with E-state index in [2.05, 4.69) is 6.92 Å². The van der Waals surface area contributed by atoms with E-state index in [0.717, 1.165) is 25.1 Å². The van der Waals surface area contributed by atoms with Crippen LogP contribution in [0, 0.1) is 6.92 Å². The van der Waals surface area contributed by atoms with Crippen molar-refractivity contribution in [1.82, 2.24) is 4.57 Å². The van der Waals surface area contributed by atoms with E-state index in [1.165, 1.54) is 0 Å². The molecular formula is C13H20N2O2S. The molecule has 0 unspecified atom stereocenters. The molecule has 1 aromatic heterocycles. The largest absolute Gasteiger partial charge is 0.389 e. The molecular weight excluding hydrogens is 248 g/mol. The predicted molar refractivity (Wildman–Crippen MR) is 77.1 cm³/mol. The Morgan fingerprint density at radius 3 is 2.78 bits per heavy atom. The lowest BCUT2D eigenvalue weighted by Gasteiger charge is -2.11. The second-order valence-electron chi connectivity index (χ2n) is 4.18. The number of aryl methyl sites for hydroxylation is 1. The summed E-state index contributed by atoms with van der Waals surface area (Å²) in [4.78, 5) is 12.2. The number of pyridine rings is 1. The van der Waals surface area contributed by atoms with Crippen molar-refractivity contribution >= 4 is 17.2 Å². The summed E-state index contributed by atoms with van der Waals surface area (Å²) in [6, 6.07) is 3.52. The Bertz CT molecular complexity index is 469. The zero-order valence-electron chi connectivity index (χ0n) is 10.9. The molecule has 18 heavy (non-hydrogen) atoms. The SMILES string of the molecule is CCCCOCCn1c(C)ccc(C(N)=S)c1=O. The Morgan fingerprint density at radius 2 is 2.17 bits per heavy atom. The summed E-state index contributed by atoms with van der Waals surface area (Å²) in [6.45, 7) is 5.80. The molecule has 0 aliphatic heterocycles. The van der Waals surface area contributed by atoms with E-state index in [1.54, 1.807) is 10.6 Å². The fourth-order valence-electron chi connectivity index (χ4n) is 1.64. The fraction of sp³-hybridized carbons (Fsp3) is 0.538. The van der Waals surface area contributed by atoms with E-state index in [0.29, 0.717) is 18.7 Å². The highest BCUT2D eigenvalue weighted by Crippen LogP contribution is 1.99. The molecule has 0 fully saturated rings. The van der Waals surface area contributed by atoms with Crippen LogP contribution in [0.15, 0.2) is 16.9 Å². The topological polar surface area (TPSA) is 57.2 Å². The third kappa shape index (κ3) is 3.92. The number of nitrogens with zero attached hydrogens (tertiary/aromatic N) is 1. The van der Waals surface area contributed by atoms with Crippen LogP contribution in [0.3, 0.4) is 0 Å². The van der Waals surface area contributed by atoms with Gasteiger partial charge in [-0.05, 0) is 25.5 Å². The van der Waals surface area contributed by atoms with Gasteiger partial charge in [0, 0.05) is 18.8 Å². The van der Waals surface area contributed by atoms with E-state index in [4.69, 9.17) is 22.7 Å². The van der Waals surface area contributed by atoms with Gasteiger partial charge >= 0.3 is 0 Å². The van der Waals surface area contributed by atoms with Gasteiger partial charge in [-0.25, -0.2) is 0 Å². The van der Waals surface area contributed by atoms with Crippen LogP contribution >= 0.6 is 12.2 Å². The molecule has 0 radical (unpaired) electrons. The monoisotopic (exact) mass is 268 g/mol. The molecule has 0 saturated carbocycles. The molecule has 5 heteroatoms. The van der Waals surface area contributed by atoms with E-state index in [1.807, 2.05) is 13.0 Å². The zero-order valence-corrected chi connectivity index (χ0v) is 11.8. The first-order chi connectivity index (χ1) is 8.57. The minimum absolute atomic E-state index is 0.137. The highest BCUT2D eigenvalue weighted by atomic mass is 32.1. The zero-order chi connectivity index (χ0) is 13.5. The number of rotatable bonds is 7. The number of ether oxygens (including phenoxy) is 1. The lowest BCUT2D eigenvalue weighted by molar-refractivity contribution is 0.122. The first kappa shape index (κ1) is 14.9. The highest BCUT2D eigenvalue weighted by Gasteiger charge is 2.07. The number of unbranched alkanes of at least 4 members (excludes halogenated alkanes) is 1. The van der Waals surface area contributed by atoms with Crippen molar-refractivity contribution in [2.24, 2.45) is 5.73 Å². The summed E-state index contributed by atoms with van der Waals surface area (Å²) < 4.78 is 7.12. The van der Waals surface area contributed by atoms with Crippen molar-refractivity contribution in [1.29, 1.82) is 0 Å². The van der Waals surface area contributed by atoms with Crippen LogP contribution < -0.4 is 11.3 Å². The van der Waals surface area contributed by atoms with Crippen molar-refractivity contribution in [2.45, 2.75) is 33.2 Å². The molecule has 0 bridgehead atoms. The van der Waals surface area contributed by atoms with Crippen LogP contribution in [-0.4, -0.2) is 22.8 Å². The minimum atomic E-state index is -0.137. The summed E-state index contributed by atoms with van der Waals surface area (Å²) in [5, 5.41) is 0. The van der Waals surface area contributed by atoms with Crippen LogP contribution in [0.2, 0.25) is 0 Å². The second kappa shape index (κ2) is 7.28. The van der Waals surface area contributed by atoms with Gasteiger partial charge in [-0.15, -0.1) is 0 Å². The molecule has 1 heterocycles. The van der Waals surface area contributed by atoms with Crippen LogP contribution in [0.4, 0.5) is 0 Å². The Morgan fingerprint density at radius 1 is 1.44 bits per heavy atom. The number of aromatic nitrogens is 1.